The maximum Gasteiger partial charge on any atom is 0.343 e. The molecule has 0 unspecified atom stereocenters. The highest BCUT2D eigenvalue weighted by molar-refractivity contribution is 5.97. The summed E-state index contributed by atoms with van der Waals surface area (Å²) in [5.74, 6) is -1.05. The molecule has 27 heavy (non-hydrogen) atoms. The molecule has 1 atom stereocenters. The second-order valence-corrected chi connectivity index (χ2v) is 6.31. The third-order valence-corrected chi connectivity index (χ3v) is 4.30. The number of phenols is 2. The van der Waals surface area contributed by atoms with Crippen LogP contribution in [0.4, 0.5) is 0 Å². The van der Waals surface area contributed by atoms with Crippen LogP contribution in [0.3, 0.4) is 0 Å². The first-order valence-corrected chi connectivity index (χ1v) is 8.95. The lowest BCUT2D eigenvalue weighted by Crippen LogP contribution is -2.13. The van der Waals surface area contributed by atoms with Crippen molar-refractivity contribution in [3.63, 3.8) is 0 Å². The van der Waals surface area contributed by atoms with Crippen molar-refractivity contribution in [2.75, 3.05) is 0 Å². The predicted octanol–water partition coefficient (Wildman–Crippen LogP) is 5.31. The Labute approximate surface area is 158 Å². The van der Waals surface area contributed by atoms with Gasteiger partial charge in [0.1, 0.15) is 23.2 Å². The third kappa shape index (κ3) is 4.88. The summed E-state index contributed by atoms with van der Waals surface area (Å²) in [6.07, 6.45) is 13.3. The van der Waals surface area contributed by atoms with Crippen molar-refractivity contribution >= 4 is 12.0 Å². The molecule has 2 aromatic carbocycles. The van der Waals surface area contributed by atoms with E-state index in [1.54, 1.807) is 12.2 Å². The van der Waals surface area contributed by atoms with Crippen LogP contribution < -0.4 is 0 Å². The van der Waals surface area contributed by atoms with Crippen molar-refractivity contribution < 1.29 is 19.7 Å². The van der Waals surface area contributed by atoms with Crippen molar-refractivity contribution in [3.8, 4) is 11.5 Å². The molecule has 1 heterocycles. The van der Waals surface area contributed by atoms with Crippen molar-refractivity contribution in [2.24, 2.45) is 0 Å². The Kier molecular flexibility index (Phi) is 6.10. The van der Waals surface area contributed by atoms with E-state index < -0.39 is 12.1 Å². The molecular formula is C23H22O4. The summed E-state index contributed by atoms with van der Waals surface area (Å²) in [5, 5.41) is 20.0. The Morgan fingerprint density at radius 2 is 1.70 bits per heavy atom. The van der Waals surface area contributed by atoms with Gasteiger partial charge in [0.05, 0.1) is 0 Å². The molecule has 0 bridgehead atoms. The van der Waals surface area contributed by atoms with E-state index in [2.05, 4.69) is 6.08 Å². The van der Waals surface area contributed by atoms with Crippen molar-refractivity contribution in [3.05, 3.63) is 89.5 Å². The molecule has 0 aromatic heterocycles. The van der Waals surface area contributed by atoms with Crippen molar-refractivity contribution in [2.45, 2.75) is 25.4 Å². The van der Waals surface area contributed by atoms with Gasteiger partial charge < -0.3 is 14.9 Å². The number of ether oxygens (including phenoxy) is 1. The van der Waals surface area contributed by atoms with Gasteiger partial charge in [-0.1, -0.05) is 66.8 Å². The summed E-state index contributed by atoms with van der Waals surface area (Å²) in [5.41, 5.74) is 1.33. The molecule has 1 aliphatic rings. The monoisotopic (exact) mass is 362 g/mol. The minimum absolute atomic E-state index is 0.0411. The van der Waals surface area contributed by atoms with Gasteiger partial charge in [-0.3, -0.25) is 0 Å². The Morgan fingerprint density at radius 1 is 0.926 bits per heavy atom. The fourth-order valence-corrected chi connectivity index (χ4v) is 2.96. The molecule has 0 saturated carbocycles. The topological polar surface area (TPSA) is 66.8 Å². The summed E-state index contributed by atoms with van der Waals surface area (Å²) in [7, 11) is 0. The third-order valence-electron chi connectivity index (χ3n) is 4.30. The number of carbonyl (C=O) groups excluding carboxylic acids is 1. The first kappa shape index (κ1) is 18.5. The van der Waals surface area contributed by atoms with E-state index in [0.717, 1.165) is 24.5 Å². The lowest BCUT2D eigenvalue weighted by atomic mass is 10.0. The number of hydrogen-bond donors (Lipinski definition) is 2. The Morgan fingerprint density at radius 3 is 2.52 bits per heavy atom. The van der Waals surface area contributed by atoms with Gasteiger partial charge in [0.2, 0.25) is 0 Å². The molecule has 3 rings (SSSR count). The molecular weight excluding hydrogens is 340 g/mol. The average Bonchev–Trinajstić information content (AvgIpc) is 2.65. The molecule has 0 fully saturated rings. The fraction of sp³-hybridized carbons (Fsp3) is 0.174. The Bertz CT molecular complexity index is 879. The van der Waals surface area contributed by atoms with Crippen LogP contribution in [0, 0.1) is 0 Å². The minimum atomic E-state index is -0.629. The van der Waals surface area contributed by atoms with Gasteiger partial charge in [0, 0.05) is 12.5 Å². The van der Waals surface area contributed by atoms with Crippen LogP contribution in [0.1, 0.15) is 46.9 Å². The van der Waals surface area contributed by atoms with Crippen LogP contribution in [-0.4, -0.2) is 16.2 Å². The lowest BCUT2D eigenvalue weighted by molar-refractivity contribution is 0.0300. The molecule has 0 aliphatic carbocycles. The zero-order valence-corrected chi connectivity index (χ0v) is 14.9. The van der Waals surface area contributed by atoms with Gasteiger partial charge in [-0.25, -0.2) is 4.79 Å². The fourth-order valence-electron chi connectivity index (χ4n) is 2.96. The highest BCUT2D eigenvalue weighted by Gasteiger charge is 2.22. The highest BCUT2D eigenvalue weighted by atomic mass is 16.5. The average molecular weight is 362 g/mol. The zero-order valence-electron chi connectivity index (χ0n) is 14.9. The molecule has 1 aliphatic heterocycles. The van der Waals surface area contributed by atoms with Crippen LogP contribution in [0.15, 0.2) is 72.8 Å². The van der Waals surface area contributed by atoms with Gasteiger partial charge in [-0.05, 0) is 30.0 Å². The number of rotatable bonds is 1. The lowest BCUT2D eigenvalue weighted by Gasteiger charge is -2.18. The number of benzene rings is 2. The minimum Gasteiger partial charge on any atom is -0.508 e. The summed E-state index contributed by atoms with van der Waals surface area (Å²) in [6.45, 7) is 0. The molecule has 0 spiro atoms. The van der Waals surface area contributed by atoms with E-state index in [-0.39, 0.29) is 17.1 Å². The van der Waals surface area contributed by atoms with Crippen LogP contribution in [0.5, 0.6) is 11.5 Å². The number of fused-ring (bicyclic) bond motifs is 1. The second-order valence-electron chi connectivity index (χ2n) is 6.31. The highest BCUT2D eigenvalue weighted by Crippen LogP contribution is 2.31. The Balaban J connectivity index is 2.01. The van der Waals surface area contributed by atoms with E-state index in [4.69, 9.17) is 4.74 Å². The van der Waals surface area contributed by atoms with Crippen LogP contribution in [0.25, 0.3) is 6.08 Å². The van der Waals surface area contributed by atoms with Crippen molar-refractivity contribution in [1.82, 2.24) is 0 Å². The normalized spacial score (nSPS) is 21.3. The Hall–Kier alpha value is -3.27. The van der Waals surface area contributed by atoms with Gasteiger partial charge >= 0.3 is 5.97 Å². The summed E-state index contributed by atoms with van der Waals surface area (Å²) in [4.78, 5) is 12.9. The maximum absolute atomic E-state index is 12.9. The van der Waals surface area contributed by atoms with Gasteiger partial charge in [0.15, 0.2) is 0 Å². The van der Waals surface area contributed by atoms with E-state index in [9.17, 15) is 15.0 Å². The van der Waals surface area contributed by atoms with E-state index in [1.807, 2.05) is 48.6 Å². The first-order chi connectivity index (χ1) is 13.1. The number of phenolic OH excluding ortho intramolecular Hbond substituents is 2. The standard InChI is InChI=1S/C23H22O4/c24-19-15-18-13-7-4-2-1-3-5-10-14-21(17-11-8-6-9-12-17)27-23(26)22(18)20(25)16-19/h2,4-13,15-16,21,24-25H,1,3,14H2/b4-2+,10-5+,13-7+/t21-/m0/s1. The summed E-state index contributed by atoms with van der Waals surface area (Å²) in [6, 6.07) is 12.1. The number of hydrogen-bond acceptors (Lipinski definition) is 4. The molecule has 0 amide bonds. The molecule has 138 valence electrons. The number of esters is 1. The van der Waals surface area contributed by atoms with Crippen LogP contribution in [-0.2, 0) is 4.74 Å². The van der Waals surface area contributed by atoms with Crippen LogP contribution in [0.2, 0.25) is 0 Å². The van der Waals surface area contributed by atoms with Crippen molar-refractivity contribution in [1.29, 1.82) is 0 Å². The SMILES string of the molecule is O=C1O[C@H](c2ccccc2)C/C=C/CC/C=C/C=C/c2cc(O)cc(O)c21. The zero-order chi connectivity index (χ0) is 19.1. The molecule has 4 nitrogen and oxygen atoms in total. The van der Waals surface area contributed by atoms with Crippen LogP contribution >= 0.6 is 0 Å². The first-order valence-electron chi connectivity index (χ1n) is 8.95. The van der Waals surface area contributed by atoms with E-state index >= 15 is 0 Å². The molecule has 0 saturated heterocycles. The molecule has 2 aromatic rings. The summed E-state index contributed by atoms with van der Waals surface area (Å²) >= 11 is 0. The van der Waals surface area contributed by atoms with E-state index in [1.165, 1.54) is 6.07 Å². The quantitative estimate of drug-likeness (QED) is 0.533. The maximum atomic E-state index is 12.9. The number of cyclic esters (lactones) is 1. The van der Waals surface area contributed by atoms with Gasteiger partial charge in [-0.15, -0.1) is 0 Å². The number of carbonyl (C=O) groups is 1. The number of allylic oxidation sites excluding steroid dienone is 4. The number of aromatic hydroxyl groups is 2. The molecule has 2 N–H and O–H groups in total. The molecule has 0 radical (unpaired) electrons. The smallest absolute Gasteiger partial charge is 0.343 e. The van der Waals surface area contributed by atoms with Gasteiger partial charge in [-0.2, -0.15) is 0 Å². The molecule has 4 heteroatoms. The summed E-state index contributed by atoms with van der Waals surface area (Å²) < 4.78 is 5.74. The van der Waals surface area contributed by atoms with E-state index in [0.29, 0.717) is 12.0 Å². The van der Waals surface area contributed by atoms with Gasteiger partial charge in [0.25, 0.3) is 0 Å². The second kappa shape index (κ2) is 8.90. The largest absolute Gasteiger partial charge is 0.508 e. The predicted molar refractivity (Wildman–Crippen MR) is 106 cm³/mol.